The number of nitrogens with zero attached hydrogens (tertiary/aromatic N) is 5. The molecule has 5 nitrogen and oxygen atoms in total. The highest BCUT2D eigenvalue weighted by molar-refractivity contribution is 5.83. The third-order valence-corrected chi connectivity index (χ3v) is 3.88. The molecule has 0 spiro atoms. The molecule has 0 saturated heterocycles. The number of halogens is 1. The van der Waals surface area contributed by atoms with Crippen molar-refractivity contribution in [1.82, 2.24) is 24.8 Å². The van der Waals surface area contributed by atoms with Crippen LogP contribution >= 0.6 is 0 Å². The summed E-state index contributed by atoms with van der Waals surface area (Å²) in [5.41, 5.74) is 4.71. The van der Waals surface area contributed by atoms with Crippen LogP contribution in [0.25, 0.3) is 27.8 Å². The molecule has 4 aromatic rings. The lowest BCUT2D eigenvalue weighted by Gasteiger charge is -2.07. The van der Waals surface area contributed by atoms with Gasteiger partial charge in [-0.1, -0.05) is 6.92 Å². The Balaban J connectivity index is 1.98. The predicted octanol–water partition coefficient (Wildman–Crippen LogP) is 3.35. The van der Waals surface area contributed by atoms with Crippen LogP contribution in [0.3, 0.4) is 0 Å². The first kappa shape index (κ1) is 13.8. The van der Waals surface area contributed by atoms with Crippen molar-refractivity contribution >= 4 is 16.6 Å². The number of benzene rings is 1. The highest BCUT2D eigenvalue weighted by Gasteiger charge is 2.12. The average molecular weight is 307 g/mol. The zero-order valence-electron chi connectivity index (χ0n) is 12.8. The van der Waals surface area contributed by atoms with Gasteiger partial charge in [0.15, 0.2) is 5.65 Å². The van der Waals surface area contributed by atoms with Crippen LogP contribution in [0.4, 0.5) is 4.39 Å². The summed E-state index contributed by atoms with van der Waals surface area (Å²) in [6.07, 6.45) is 4.18. The van der Waals surface area contributed by atoms with Crippen LogP contribution in [0.5, 0.6) is 0 Å². The van der Waals surface area contributed by atoms with Gasteiger partial charge in [-0.2, -0.15) is 15.3 Å². The minimum atomic E-state index is -0.325. The standard InChI is InChI=1S/C17H14FN5/c1-3-11-7-15(22-23-9-10(2)20-17(11)23)12-6-14(18)13-4-5-19-21-16(13)8-12/h4-9H,3H2,1-2H3. The molecule has 3 heterocycles. The largest absolute Gasteiger partial charge is 0.232 e. The van der Waals surface area contributed by atoms with Gasteiger partial charge in [-0.15, -0.1) is 0 Å². The quantitative estimate of drug-likeness (QED) is 0.570. The van der Waals surface area contributed by atoms with E-state index < -0.39 is 0 Å². The molecule has 23 heavy (non-hydrogen) atoms. The Kier molecular flexibility index (Phi) is 3.04. The second-order valence-electron chi connectivity index (χ2n) is 5.48. The Morgan fingerprint density at radius 2 is 2.09 bits per heavy atom. The molecule has 114 valence electrons. The van der Waals surface area contributed by atoms with Crippen molar-refractivity contribution in [2.75, 3.05) is 0 Å². The van der Waals surface area contributed by atoms with E-state index >= 15 is 0 Å². The van der Waals surface area contributed by atoms with Gasteiger partial charge in [-0.05, 0) is 43.2 Å². The van der Waals surface area contributed by atoms with Crippen molar-refractivity contribution in [2.24, 2.45) is 0 Å². The topological polar surface area (TPSA) is 56.0 Å². The van der Waals surface area contributed by atoms with Gasteiger partial charge in [0.1, 0.15) is 5.82 Å². The van der Waals surface area contributed by atoms with Crippen LogP contribution in [-0.2, 0) is 6.42 Å². The minimum Gasteiger partial charge on any atom is -0.232 e. The van der Waals surface area contributed by atoms with Gasteiger partial charge in [0.25, 0.3) is 0 Å². The minimum absolute atomic E-state index is 0.325. The molecule has 0 bridgehead atoms. The summed E-state index contributed by atoms with van der Waals surface area (Å²) in [6, 6.07) is 6.87. The van der Waals surface area contributed by atoms with Gasteiger partial charge in [0.05, 0.1) is 29.3 Å². The third-order valence-electron chi connectivity index (χ3n) is 3.88. The van der Waals surface area contributed by atoms with E-state index in [1.54, 1.807) is 10.6 Å². The highest BCUT2D eigenvalue weighted by atomic mass is 19.1. The van der Waals surface area contributed by atoms with Gasteiger partial charge in [-0.3, -0.25) is 0 Å². The summed E-state index contributed by atoms with van der Waals surface area (Å²) in [5.74, 6) is -0.325. The molecule has 0 radical (unpaired) electrons. The molecule has 0 amide bonds. The maximum absolute atomic E-state index is 14.3. The van der Waals surface area contributed by atoms with E-state index in [0.29, 0.717) is 22.2 Å². The van der Waals surface area contributed by atoms with Gasteiger partial charge >= 0.3 is 0 Å². The van der Waals surface area contributed by atoms with Crippen LogP contribution in [0.2, 0.25) is 0 Å². The molecular weight excluding hydrogens is 293 g/mol. The van der Waals surface area contributed by atoms with E-state index in [0.717, 1.165) is 23.3 Å². The summed E-state index contributed by atoms with van der Waals surface area (Å²) >= 11 is 0. The molecule has 1 aromatic carbocycles. The molecule has 0 aliphatic carbocycles. The molecule has 0 aliphatic heterocycles. The Bertz CT molecular complexity index is 1040. The van der Waals surface area contributed by atoms with Gasteiger partial charge in [0.2, 0.25) is 0 Å². The monoisotopic (exact) mass is 307 g/mol. The number of hydrogen-bond donors (Lipinski definition) is 0. The zero-order valence-corrected chi connectivity index (χ0v) is 12.8. The molecule has 0 unspecified atom stereocenters. The van der Waals surface area contributed by atoms with Gasteiger partial charge in [0, 0.05) is 10.9 Å². The molecule has 0 atom stereocenters. The fourth-order valence-corrected chi connectivity index (χ4v) is 2.76. The fourth-order valence-electron chi connectivity index (χ4n) is 2.76. The van der Waals surface area contributed by atoms with Crippen LogP contribution in [0.15, 0.2) is 36.7 Å². The van der Waals surface area contributed by atoms with Crippen molar-refractivity contribution in [3.63, 3.8) is 0 Å². The van der Waals surface area contributed by atoms with Crippen molar-refractivity contribution < 1.29 is 4.39 Å². The molecule has 6 heteroatoms. The summed E-state index contributed by atoms with van der Waals surface area (Å²) in [4.78, 5) is 4.49. The maximum atomic E-state index is 14.3. The van der Waals surface area contributed by atoms with E-state index in [1.165, 1.54) is 12.3 Å². The highest BCUT2D eigenvalue weighted by Crippen LogP contribution is 2.26. The summed E-state index contributed by atoms with van der Waals surface area (Å²) in [7, 11) is 0. The summed E-state index contributed by atoms with van der Waals surface area (Å²) in [5, 5.41) is 12.8. The number of aryl methyl sites for hydroxylation is 2. The number of imidazole rings is 1. The Morgan fingerprint density at radius 1 is 1.22 bits per heavy atom. The SMILES string of the molecule is CCc1cc(-c2cc(F)c3ccnnc3c2)nn2cc(C)nc12. The normalized spacial score (nSPS) is 11.4. The van der Waals surface area contributed by atoms with Crippen LogP contribution < -0.4 is 0 Å². The van der Waals surface area contributed by atoms with Crippen LogP contribution in [-0.4, -0.2) is 24.8 Å². The number of hydrogen-bond acceptors (Lipinski definition) is 4. The van der Waals surface area contributed by atoms with Gasteiger partial charge in [-0.25, -0.2) is 13.9 Å². The van der Waals surface area contributed by atoms with Crippen molar-refractivity contribution in [3.8, 4) is 11.3 Å². The first-order valence-corrected chi connectivity index (χ1v) is 7.43. The molecular formula is C17H14FN5. The van der Waals surface area contributed by atoms with E-state index in [-0.39, 0.29) is 5.82 Å². The molecule has 4 rings (SSSR count). The lowest BCUT2D eigenvalue weighted by molar-refractivity contribution is 0.639. The first-order valence-electron chi connectivity index (χ1n) is 7.43. The molecule has 0 N–H and O–H groups in total. The van der Waals surface area contributed by atoms with Crippen molar-refractivity contribution in [1.29, 1.82) is 0 Å². The van der Waals surface area contributed by atoms with E-state index in [9.17, 15) is 4.39 Å². The van der Waals surface area contributed by atoms with Crippen molar-refractivity contribution in [2.45, 2.75) is 20.3 Å². The average Bonchev–Trinajstić information content (AvgIpc) is 2.94. The van der Waals surface area contributed by atoms with Crippen LogP contribution in [0.1, 0.15) is 18.2 Å². The summed E-state index contributed by atoms with van der Waals surface area (Å²) < 4.78 is 16.1. The lowest BCUT2D eigenvalue weighted by atomic mass is 10.1. The first-order chi connectivity index (χ1) is 11.2. The van der Waals surface area contributed by atoms with E-state index in [2.05, 4.69) is 27.2 Å². The number of fused-ring (bicyclic) bond motifs is 2. The second-order valence-corrected chi connectivity index (χ2v) is 5.48. The van der Waals surface area contributed by atoms with Crippen molar-refractivity contribution in [3.05, 3.63) is 53.7 Å². The smallest absolute Gasteiger partial charge is 0.156 e. The van der Waals surface area contributed by atoms with Gasteiger partial charge < -0.3 is 0 Å². The number of aromatic nitrogens is 5. The maximum Gasteiger partial charge on any atom is 0.156 e. The van der Waals surface area contributed by atoms with E-state index in [1.807, 2.05) is 25.3 Å². The zero-order chi connectivity index (χ0) is 16.0. The lowest BCUT2D eigenvalue weighted by Crippen LogP contribution is -1.99. The molecule has 0 aliphatic rings. The molecule has 0 fully saturated rings. The van der Waals surface area contributed by atoms with Crippen LogP contribution in [0, 0.1) is 12.7 Å². The Labute approximate surface area is 131 Å². The predicted molar refractivity (Wildman–Crippen MR) is 85.6 cm³/mol. The Morgan fingerprint density at radius 3 is 2.91 bits per heavy atom. The third kappa shape index (κ3) is 2.23. The summed E-state index contributed by atoms with van der Waals surface area (Å²) in [6.45, 7) is 3.99. The Hall–Kier alpha value is -2.89. The molecule has 3 aromatic heterocycles. The van der Waals surface area contributed by atoms with E-state index in [4.69, 9.17) is 0 Å². The number of rotatable bonds is 2. The molecule has 0 saturated carbocycles. The fraction of sp³-hybridized carbons (Fsp3) is 0.176. The second kappa shape index (κ2) is 5.08.